The lowest BCUT2D eigenvalue weighted by atomic mass is 10.0. The lowest BCUT2D eigenvalue weighted by Crippen LogP contribution is -2.21. The first kappa shape index (κ1) is 23.1. The van der Waals surface area contributed by atoms with Crippen molar-refractivity contribution in [3.05, 3.63) is 71.8 Å². The van der Waals surface area contributed by atoms with Gasteiger partial charge in [0.1, 0.15) is 29.5 Å². The van der Waals surface area contributed by atoms with Gasteiger partial charge in [0, 0.05) is 12.3 Å². The van der Waals surface area contributed by atoms with Crippen molar-refractivity contribution in [2.45, 2.75) is 38.5 Å². The van der Waals surface area contributed by atoms with Crippen LogP contribution >= 0.6 is 0 Å². The molecule has 0 radical (unpaired) electrons. The number of aliphatic hydroxyl groups is 1. The summed E-state index contributed by atoms with van der Waals surface area (Å²) in [5, 5.41) is 10.3. The number of rotatable bonds is 11. The zero-order chi connectivity index (χ0) is 23.1. The van der Waals surface area contributed by atoms with Crippen molar-refractivity contribution >= 4 is 5.91 Å². The van der Waals surface area contributed by atoms with Crippen LogP contribution in [0.2, 0.25) is 0 Å². The molecule has 2 aromatic carbocycles. The number of aryl methyl sites for hydroxylation is 1. The Morgan fingerprint density at radius 2 is 1.84 bits per heavy atom. The third-order valence-corrected chi connectivity index (χ3v) is 5.28. The molecule has 0 spiro atoms. The molecule has 3 rings (SSSR count). The first-order chi connectivity index (χ1) is 15.4. The Kier molecular flexibility index (Phi) is 7.72. The summed E-state index contributed by atoms with van der Waals surface area (Å²) in [6.45, 7) is 2.07. The monoisotopic (exact) mass is 439 g/mol. The van der Waals surface area contributed by atoms with Gasteiger partial charge in [0.2, 0.25) is 0 Å². The number of nitrogens with zero attached hydrogens (tertiary/aromatic N) is 2. The van der Waals surface area contributed by atoms with Crippen LogP contribution in [0, 0.1) is 0 Å². The maximum Gasteiger partial charge on any atom is 0.268 e. The number of aliphatic hydroxyl groups excluding tert-OH is 1. The highest BCUT2D eigenvalue weighted by atomic mass is 16.5. The standard InChI is InChI=1S/C24H29N3O5/c1-16(28)22(27-13-21(24(25)29)26-15-27)9-8-18-6-4-5-7-23(18)32-14-17-10-19(30-2)12-20(11-17)31-3/h4-7,10-13,15-16,22,28H,8-9,14H2,1-3H3,(H2,25,29)/t16-,22+/m0/s1. The highest BCUT2D eigenvalue weighted by Gasteiger charge is 2.19. The Morgan fingerprint density at radius 1 is 1.16 bits per heavy atom. The number of aromatic nitrogens is 2. The van der Waals surface area contributed by atoms with Crippen molar-refractivity contribution in [3.8, 4) is 17.2 Å². The fraction of sp³-hybridized carbons (Fsp3) is 0.333. The zero-order valence-corrected chi connectivity index (χ0v) is 18.5. The van der Waals surface area contributed by atoms with Crippen LogP contribution in [0.1, 0.15) is 41.0 Å². The topological polar surface area (TPSA) is 109 Å². The largest absolute Gasteiger partial charge is 0.497 e. The summed E-state index contributed by atoms with van der Waals surface area (Å²) in [4.78, 5) is 15.4. The molecule has 0 aliphatic rings. The van der Waals surface area contributed by atoms with E-state index in [2.05, 4.69) is 4.98 Å². The minimum absolute atomic E-state index is 0.174. The third kappa shape index (κ3) is 5.79. The second-order valence-electron chi connectivity index (χ2n) is 7.53. The molecule has 0 saturated heterocycles. The van der Waals surface area contributed by atoms with E-state index in [4.69, 9.17) is 19.9 Å². The van der Waals surface area contributed by atoms with Gasteiger partial charge in [-0.3, -0.25) is 4.79 Å². The van der Waals surface area contributed by atoms with Crippen molar-refractivity contribution in [1.82, 2.24) is 9.55 Å². The smallest absolute Gasteiger partial charge is 0.268 e. The van der Waals surface area contributed by atoms with Gasteiger partial charge in [0.05, 0.1) is 32.7 Å². The van der Waals surface area contributed by atoms with E-state index in [0.29, 0.717) is 30.9 Å². The molecule has 3 aromatic rings. The number of methoxy groups -OCH3 is 2. The number of amides is 1. The summed E-state index contributed by atoms with van der Waals surface area (Å²) in [5.74, 6) is 1.57. The summed E-state index contributed by atoms with van der Waals surface area (Å²) in [5.41, 5.74) is 7.41. The molecule has 0 aliphatic carbocycles. The van der Waals surface area contributed by atoms with E-state index < -0.39 is 12.0 Å². The van der Waals surface area contributed by atoms with Crippen LogP contribution in [-0.4, -0.2) is 40.9 Å². The molecular weight excluding hydrogens is 410 g/mol. The molecule has 1 aromatic heterocycles. The fourth-order valence-electron chi connectivity index (χ4n) is 3.55. The molecule has 1 heterocycles. The molecular formula is C24H29N3O5. The van der Waals surface area contributed by atoms with Crippen LogP contribution in [0.15, 0.2) is 55.0 Å². The normalized spacial score (nSPS) is 12.8. The van der Waals surface area contributed by atoms with Crippen LogP contribution in [0.3, 0.4) is 0 Å². The third-order valence-electron chi connectivity index (χ3n) is 5.28. The number of imidazole rings is 1. The highest BCUT2D eigenvalue weighted by molar-refractivity contribution is 5.90. The van der Waals surface area contributed by atoms with Crippen LogP contribution < -0.4 is 19.9 Å². The molecule has 0 saturated carbocycles. The molecule has 170 valence electrons. The Morgan fingerprint density at radius 3 is 2.44 bits per heavy atom. The quantitative estimate of drug-likeness (QED) is 0.475. The van der Waals surface area contributed by atoms with Crippen molar-refractivity contribution in [3.63, 3.8) is 0 Å². The zero-order valence-electron chi connectivity index (χ0n) is 18.5. The Balaban J connectivity index is 1.71. The van der Waals surface area contributed by atoms with Crippen LogP contribution in [0.4, 0.5) is 0 Å². The molecule has 0 aliphatic heterocycles. The van der Waals surface area contributed by atoms with E-state index in [9.17, 15) is 9.90 Å². The summed E-state index contributed by atoms with van der Waals surface area (Å²) >= 11 is 0. The van der Waals surface area contributed by atoms with Gasteiger partial charge in [-0.25, -0.2) is 4.98 Å². The maximum atomic E-state index is 11.4. The first-order valence-electron chi connectivity index (χ1n) is 10.3. The number of benzene rings is 2. The Hall–Kier alpha value is -3.52. The van der Waals surface area contributed by atoms with Crippen LogP contribution in [-0.2, 0) is 13.0 Å². The molecule has 0 unspecified atom stereocenters. The van der Waals surface area contributed by atoms with Gasteiger partial charge in [-0.05, 0) is 49.1 Å². The van der Waals surface area contributed by atoms with Crippen molar-refractivity contribution < 1.29 is 24.1 Å². The summed E-state index contributed by atoms with van der Waals surface area (Å²) in [7, 11) is 3.22. The van der Waals surface area contributed by atoms with E-state index in [-0.39, 0.29) is 11.7 Å². The highest BCUT2D eigenvalue weighted by Crippen LogP contribution is 2.27. The number of para-hydroxylation sites is 1. The second kappa shape index (κ2) is 10.7. The van der Waals surface area contributed by atoms with Gasteiger partial charge in [-0.15, -0.1) is 0 Å². The van der Waals surface area contributed by atoms with Gasteiger partial charge in [0.15, 0.2) is 0 Å². The molecule has 0 fully saturated rings. The van der Waals surface area contributed by atoms with E-state index in [0.717, 1.165) is 16.9 Å². The molecule has 0 bridgehead atoms. The van der Waals surface area contributed by atoms with Gasteiger partial charge < -0.3 is 29.6 Å². The predicted octanol–water partition coefficient (Wildman–Crippen LogP) is 3.13. The van der Waals surface area contributed by atoms with Crippen LogP contribution in [0.5, 0.6) is 17.2 Å². The fourth-order valence-corrected chi connectivity index (χ4v) is 3.55. The number of nitrogens with two attached hydrogens (primary N) is 1. The molecule has 2 atom stereocenters. The summed E-state index contributed by atoms with van der Waals surface area (Å²) in [6, 6.07) is 13.2. The molecule has 8 heteroatoms. The summed E-state index contributed by atoms with van der Waals surface area (Å²) in [6.07, 6.45) is 3.74. The van der Waals surface area contributed by atoms with Gasteiger partial charge >= 0.3 is 0 Å². The van der Waals surface area contributed by atoms with E-state index >= 15 is 0 Å². The Labute approximate surface area is 187 Å². The van der Waals surface area contributed by atoms with Crippen molar-refractivity contribution in [1.29, 1.82) is 0 Å². The first-order valence-corrected chi connectivity index (χ1v) is 10.3. The second-order valence-corrected chi connectivity index (χ2v) is 7.53. The van der Waals surface area contributed by atoms with Gasteiger partial charge in [-0.1, -0.05) is 18.2 Å². The Bertz CT molecular complexity index is 1030. The molecule has 32 heavy (non-hydrogen) atoms. The maximum absolute atomic E-state index is 11.4. The van der Waals surface area contributed by atoms with Crippen LogP contribution in [0.25, 0.3) is 0 Å². The number of hydrogen-bond donors (Lipinski definition) is 2. The predicted molar refractivity (Wildman–Crippen MR) is 120 cm³/mol. The molecule has 8 nitrogen and oxygen atoms in total. The summed E-state index contributed by atoms with van der Waals surface area (Å²) < 4.78 is 18.5. The minimum Gasteiger partial charge on any atom is -0.497 e. The van der Waals surface area contributed by atoms with Gasteiger partial charge in [0.25, 0.3) is 5.91 Å². The SMILES string of the molecule is COc1cc(COc2ccccc2CC[C@H]([C@H](C)O)n2cnc(C(N)=O)c2)cc(OC)c1. The number of primary amides is 1. The van der Waals surface area contributed by atoms with Crippen molar-refractivity contribution in [2.24, 2.45) is 5.73 Å². The van der Waals surface area contributed by atoms with Crippen molar-refractivity contribution in [2.75, 3.05) is 14.2 Å². The van der Waals surface area contributed by atoms with E-state index in [1.807, 2.05) is 42.5 Å². The van der Waals surface area contributed by atoms with E-state index in [1.54, 1.807) is 31.9 Å². The van der Waals surface area contributed by atoms with E-state index in [1.165, 1.54) is 6.33 Å². The van der Waals surface area contributed by atoms with Gasteiger partial charge in [-0.2, -0.15) is 0 Å². The number of hydrogen-bond acceptors (Lipinski definition) is 6. The number of carbonyl (C=O) groups is 1. The average molecular weight is 440 g/mol. The lowest BCUT2D eigenvalue weighted by Gasteiger charge is -2.22. The molecule has 1 amide bonds. The number of ether oxygens (including phenoxy) is 3. The minimum atomic E-state index is -0.637. The lowest BCUT2D eigenvalue weighted by molar-refractivity contribution is 0.0994. The molecule has 3 N–H and O–H groups in total. The average Bonchev–Trinajstić information content (AvgIpc) is 3.28. The number of carbonyl (C=O) groups excluding carboxylic acids is 1.